The number of amides is 3. The van der Waals surface area contributed by atoms with Gasteiger partial charge in [0.2, 0.25) is 5.91 Å². The molecule has 2 aromatic carbocycles. The second-order valence-electron chi connectivity index (χ2n) is 5.89. The zero-order chi connectivity index (χ0) is 19.6. The summed E-state index contributed by atoms with van der Waals surface area (Å²) in [7, 11) is 0. The Kier molecular flexibility index (Phi) is 7.82. The lowest BCUT2D eigenvalue weighted by Crippen LogP contribution is -2.34. The number of anilines is 1. The molecule has 0 bridgehead atoms. The first-order chi connectivity index (χ1) is 13.0. The van der Waals surface area contributed by atoms with Crippen LogP contribution in [0.1, 0.15) is 40.5 Å². The third-order valence-corrected chi connectivity index (χ3v) is 3.96. The SMILES string of the molecule is CCCC(=O)Nc1ccc(C(=O)NCCNC(=O)c2ccc(Cl)cc2)cc1. The quantitative estimate of drug-likeness (QED) is 0.607. The van der Waals surface area contributed by atoms with Crippen LogP contribution in [-0.2, 0) is 4.79 Å². The summed E-state index contributed by atoms with van der Waals surface area (Å²) >= 11 is 5.78. The summed E-state index contributed by atoms with van der Waals surface area (Å²) in [6, 6.07) is 13.2. The summed E-state index contributed by atoms with van der Waals surface area (Å²) in [4.78, 5) is 35.6. The molecule has 0 saturated heterocycles. The van der Waals surface area contributed by atoms with Gasteiger partial charge in [0.15, 0.2) is 0 Å². The van der Waals surface area contributed by atoms with E-state index in [0.29, 0.717) is 41.3 Å². The molecule has 0 spiro atoms. The van der Waals surface area contributed by atoms with Crippen molar-refractivity contribution in [1.29, 1.82) is 0 Å². The number of halogens is 1. The Hall–Kier alpha value is -2.86. The van der Waals surface area contributed by atoms with Crippen molar-refractivity contribution < 1.29 is 14.4 Å². The first-order valence-electron chi connectivity index (χ1n) is 8.71. The Bertz CT molecular complexity index is 789. The van der Waals surface area contributed by atoms with Crippen molar-refractivity contribution in [1.82, 2.24) is 10.6 Å². The third-order valence-electron chi connectivity index (χ3n) is 3.71. The fourth-order valence-electron chi connectivity index (χ4n) is 2.31. The number of carbonyl (C=O) groups is 3. The molecule has 0 saturated carbocycles. The molecule has 0 aliphatic rings. The smallest absolute Gasteiger partial charge is 0.251 e. The van der Waals surface area contributed by atoms with Crippen molar-refractivity contribution >= 4 is 35.0 Å². The van der Waals surface area contributed by atoms with E-state index in [9.17, 15) is 14.4 Å². The second kappa shape index (κ2) is 10.3. The minimum atomic E-state index is -0.248. The van der Waals surface area contributed by atoms with Crippen molar-refractivity contribution in [2.75, 3.05) is 18.4 Å². The molecule has 0 fully saturated rings. The van der Waals surface area contributed by atoms with Crippen molar-refractivity contribution in [2.24, 2.45) is 0 Å². The third kappa shape index (κ3) is 6.75. The topological polar surface area (TPSA) is 87.3 Å². The lowest BCUT2D eigenvalue weighted by atomic mass is 10.2. The van der Waals surface area contributed by atoms with E-state index in [0.717, 1.165) is 6.42 Å². The number of hydrogen-bond donors (Lipinski definition) is 3. The van der Waals surface area contributed by atoms with E-state index >= 15 is 0 Å². The van der Waals surface area contributed by atoms with Gasteiger partial charge in [0.1, 0.15) is 0 Å². The summed E-state index contributed by atoms with van der Waals surface area (Å²) < 4.78 is 0. The molecule has 0 aromatic heterocycles. The zero-order valence-corrected chi connectivity index (χ0v) is 15.8. The molecule has 0 unspecified atom stereocenters. The Morgan fingerprint density at radius 2 is 1.30 bits per heavy atom. The normalized spacial score (nSPS) is 10.1. The van der Waals surface area contributed by atoms with Crippen LogP contribution < -0.4 is 16.0 Å². The van der Waals surface area contributed by atoms with E-state index in [1.54, 1.807) is 48.5 Å². The van der Waals surface area contributed by atoms with Gasteiger partial charge in [-0.3, -0.25) is 14.4 Å². The van der Waals surface area contributed by atoms with Crippen LogP contribution in [-0.4, -0.2) is 30.8 Å². The van der Waals surface area contributed by atoms with Crippen molar-refractivity contribution in [2.45, 2.75) is 19.8 Å². The van der Waals surface area contributed by atoms with Gasteiger partial charge in [-0.1, -0.05) is 18.5 Å². The molecule has 7 heteroatoms. The fourth-order valence-corrected chi connectivity index (χ4v) is 2.44. The molecule has 0 heterocycles. The van der Waals surface area contributed by atoms with Crippen LogP contribution in [0.15, 0.2) is 48.5 Å². The first-order valence-corrected chi connectivity index (χ1v) is 9.09. The molecule has 2 rings (SSSR count). The highest BCUT2D eigenvalue weighted by atomic mass is 35.5. The van der Waals surface area contributed by atoms with Crippen LogP contribution in [0.2, 0.25) is 5.02 Å². The molecule has 6 nitrogen and oxygen atoms in total. The van der Waals surface area contributed by atoms with Gasteiger partial charge < -0.3 is 16.0 Å². The summed E-state index contributed by atoms with van der Waals surface area (Å²) in [5, 5.41) is 8.79. The number of carbonyl (C=O) groups excluding carboxylic acids is 3. The van der Waals surface area contributed by atoms with E-state index in [4.69, 9.17) is 11.6 Å². The molecule has 3 amide bonds. The van der Waals surface area contributed by atoms with Crippen LogP contribution in [0.25, 0.3) is 0 Å². The standard InChI is InChI=1S/C20H22ClN3O3/c1-2-3-18(25)24-17-10-6-15(7-11-17)20(27)23-13-12-22-19(26)14-4-8-16(21)9-5-14/h4-11H,2-3,12-13H2,1H3,(H,22,26)(H,23,27)(H,24,25). The van der Waals surface area contributed by atoms with Gasteiger partial charge in [-0.2, -0.15) is 0 Å². The van der Waals surface area contributed by atoms with E-state index in [2.05, 4.69) is 16.0 Å². The van der Waals surface area contributed by atoms with Gasteiger partial charge in [0.05, 0.1) is 0 Å². The first kappa shape index (κ1) is 20.5. The van der Waals surface area contributed by atoms with Gasteiger partial charge >= 0.3 is 0 Å². The van der Waals surface area contributed by atoms with Gasteiger partial charge in [0, 0.05) is 41.3 Å². The van der Waals surface area contributed by atoms with Crippen LogP contribution in [0, 0.1) is 0 Å². The average molecular weight is 388 g/mol. The van der Waals surface area contributed by atoms with E-state index < -0.39 is 0 Å². The van der Waals surface area contributed by atoms with Gasteiger partial charge in [-0.15, -0.1) is 0 Å². The van der Waals surface area contributed by atoms with E-state index in [-0.39, 0.29) is 17.7 Å². The van der Waals surface area contributed by atoms with Crippen molar-refractivity contribution in [3.05, 3.63) is 64.7 Å². The van der Waals surface area contributed by atoms with Crippen molar-refractivity contribution in [3.8, 4) is 0 Å². The van der Waals surface area contributed by atoms with Gasteiger partial charge in [-0.05, 0) is 55.0 Å². The average Bonchev–Trinajstić information content (AvgIpc) is 2.66. The van der Waals surface area contributed by atoms with Gasteiger partial charge in [-0.25, -0.2) is 0 Å². The molecule has 0 aliphatic heterocycles. The van der Waals surface area contributed by atoms with E-state index in [1.807, 2.05) is 6.92 Å². The monoisotopic (exact) mass is 387 g/mol. The molecule has 2 aromatic rings. The highest BCUT2D eigenvalue weighted by molar-refractivity contribution is 6.30. The minimum absolute atomic E-state index is 0.0499. The van der Waals surface area contributed by atoms with Crippen molar-refractivity contribution in [3.63, 3.8) is 0 Å². The largest absolute Gasteiger partial charge is 0.350 e. The predicted molar refractivity (Wildman–Crippen MR) is 106 cm³/mol. The highest BCUT2D eigenvalue weighted by Gasteiger charge is 2.07. The van der Waals surface area contributed by atoms with Crippen LogP contribution in [0.5, 0.6) is 0 Å². The van der Waals surface area contributed by atoms with Crippen LogP contribution in [0.4, 0.5) is 5.69 Å². The Morgan fingerprint density at radius 3 is 1.78 bits per heavy atom. The summed E-state index contributed by atoms with van der Waals surface area (Å²) in [5.41, 5.74) is 1.64. The maximum Gasteiger partial charge on any atom is 0.251 e. The second-order valence-corrected chi connectivity index (χ2v) is 6.33. The number of nitrogens with one attached hydrogen (secondary N) is 3. The highest BCUT2D eigenvalue weighted by Crippen LogP contribution is 2.11. The summed E-state index contributed by atoms with van der Waals surface area (Å²) in [6.45, 7) is 2.54. The Morgan fingerprint density at radius 1 is 0.815 bits per heavy atom. The molecular weight excluding hydrogens is 366 g/mol. The zero-order valence-electron chi connectivity index (χ0n) is 15.0. The molecule has 27 heavy (non-hydrogen) atoms. The minimum Gasteiger partial charge on any atom is -0.350 e. The van der Waals surface area contributed by atoms with Gasteiger partial charge in [0.25, 0.3) is 11.8 Å². The molecule has 3 N–H and O–H groups in total. The van der Waals surface area contributed by atoms with E-state index in [1.165, 1.54) is 0 Å². The maximum atomic E-state index is 12.1. The number of hydrogen-bond acceptors (Lipinski definition) is 3. The molecule has 0 radical (unpaired) electrons. The lowest BCUT2D eigenvalue weighted by molar-refractivity contribution is -0.116. The molecular formula is C20H22ClN3O3. The Labute approximate surface area is 163 Å². The summed E-state index contributed by atoms with van der Waals surface area (Å²) in [5.74, 6) is -0.526. The maximum absolute atomic E-state index is 12.1. The van der Waals surface area contributed by atoms with Crippen LogP contribution in [0.3, 0.4) is 0 Å². The predicted octanol–water partition coefficient (Wildman–Crippen LogP) is 3.24. The lowest BCUT2D eigenvalue weighted by Gasteiger charge is -2.08. The number of rotatable bonds is 8. The summed E-state index contributed by atoms with van der Waals surface area (Å²) in [6.07, 6.45) is 1.24. The molecule has 0 aliphatic carbocycles. The Balaban J connectivity index is 1.74. The van der Waals surface area contributed by atoms with Crippen LogP contribution >= 0.6 is 11.6 Å². The fraction of sp³-hybridized carbons (Fsp3) is 0.250. The number of benzene rings is 2. The molecule has 0 atom stereocenters. The molecule has 142 valence electrons.